The first-order valence-corrected chi connectivity index (χ1v) is 13.3. The van der Waals surface area contributed by atoms with E-state index in [-0.39, 0.29) is 17.7 Å². The largest absolute Gasteiger partial charge is 0.377 e. The zero-order valence-electron chi connectivity index (χ0n) is 21.3. The van der Waals surface area contributed by atoms with Crippen molar-refractivity contribution in [3.8, 4) is 0 Å². The van der Waals surface area contributed by atoms with Crippen LogP contribution in [0.25, 0.3) is 10.9 Å². The van der Waals surface area contributed by atoms with E-state index in [0.717, 1.165) is 73.1 Å². The second kappa shape index (κ2) is 10.6. The summed E-state index contributed by atoms with van der Waals surface area (Å²) in [5.41, 5.74) is 3.94. The summed E-state index contributed by atoms with van der Waals surface area (Å²) < 4.78 is 8.11. The van der Waals surface area contributed by atoms with E-state index in [2.05, 4.69) is 62.1 Å². The zero-order valence-corrected chi connectivity index (χ0v) is 21.3. The Bertz CT molecular complexity index is 1210. The Labute approximate surface area is 207 Å². The number of benzene rings is 1. The van der Waals surface area contributed by atoms with Crippen LogP contribution in [0.5, 0.6) is 0 Å². The molecule has 3 aromatic rings. The highest BCUT2D eigenvalue weighted by Crippen LogP contribution is 2.33. The van der Waals surface area contributed by atoms with Crippen molar-refractivity contribution in [2.75, 3.05) is 13.2 Å². The lowest BCUT2D eigenvalue weighted by molar-refractivity contribution is 0.0481. The van der Waals surface area contributed by atoms with Crippen LogP contribution in [0.2, 0.25) is 0 Å². The van der Waals surface area contributed by atoms with Crippen LogP contribution in [0.15, 0.2) is 23.0 Å². The number of hydrogen-bond acceptors (Lipinski definition) is 6. The number of nitrogens with one attached hydrogen (secondary N) is 1. The first kappa shape index (κ1) is 24.1. The van der Waals surface area contributed by atoms with Gasteiger partial charge < -0.3 is 9.72 Å². The number of nitrogens with zero attached hydrogens (tertiary/aromatic N) is 5. The lowest BCUT2D eigenvalue weighted by Gasteiger charge is -2.33. The van der Waals surface area contributed by atoms with Crippen molar-refractivity contribution in [3.05, 3.63) is 51.1 Å². The molecule has 8 heteroatoms. The first-order chi connectivity index (χ1) is 17.0. The fourth-order valence-electron chi connectivity index (χ4n) is 5.92. The second-order valence-electron chi connectivity index (χ2n) is 10.4. The molecule has 0 amide bonds. The second-order valence-corrected chi connectivity index (χ2v) is 10.4. The van der Waals surface area contributed by atoms with Gasteiger partial charge in [0.2, 0.25) is 0 Å². The van der Waals surface area contributed by atoms with Gasteiger partial charge in [-0.15, -0.1) is 5.10 Å². The molecule has 0 unspecified atom stereocenters. The first-order valence-electron chi connectivity index (χ1n) is 13.3. The van der Waals surface area contributed by atoms with E-state index in [9.17, 15) is 4.79 Å². The summed E-state index contributed by atoms with van der Waals surface area (Å²) in [5.74, 6) is 0.918. The zero-order chi connectivity index (χ0) is 24.4. The van der Waals surface area contributed by atoms with Crippen molar-refractivity contribution >= 4 is 10.9 Å². The number of aromatic nitrogens is 5. The van der Waals surface area contributed by atoms with Gasteiger partial charge in [-0.2, -0.15) is 0 Å². The standard InChI is InChI=1S/C27H38N6O2/c1-4-24(26-29-30-31-33(26)21-9-6-5-7-10-21)32(17-22-11-8-14-35-22)16-20-15-23-18(2)12-13-19(3)25(23)28-27(20)34/h12-13,15,21-22,24H,4-11,14,16-17H2,1-3H3,(H,28,34)/t22-,24-/m1/s1. The molecular weight excluding hydrogens is 440 g/mol. The number of H-pyrrole nitrogens is 1. The molecule has 0 bridgehead atoms. The van der Waals surface area contributed by atoms with Crippen LogP contribution in [0, 0.1) is 13.8 Å². The monoisotopic (exact) mass is 478 g/mol. The van der Waals surface area contributed by atoms with E-state index in [4.69, 9.17) is 4.74 Å². The van der Waals surface area contributed by atoms with Crippen LogP contribution in [-0.4, -0.2) is 49.3 Å². The number of hydrogen-bond donors (Lipinski definition) is 1. The molecule has 2 atom stereocenters. The average Bonchev–Trinajstić information content (AvgIpc) is 3.56. The van der Waals surface area contributed by atoms with Crippen molar-refractivity contribution in [2.45, 2.75) is 96.9 Å². The molecule has 2 fully saturated rings. The number of ether oxygens (including phenoxy) is 1. The average molecular weight is 479 g/mol. The quantitative estimate of drug-likeness (QED) is 0.502. The van der Waals surface area contributed by atoms with Gasteiger partial charge in [0.1, 0.15) is 0 Å². The third-order valence-corrected chi connectivity index (χ3v) is 7.92. The Morgan fingerprint density at radius 1 is 1.14 bits per heavy atom. The third-order valence-electron chi connectivity index (χ3n) is 7.92. The van der Waals surface area contributed by atoms with Crippen LogP contribution in [0.4, 0.5) is 0 Å². The summed E-state index contributed by atoms with van der Waals surface area (Å²) in [6.45, 7) is 8.44. The van der Waals surface area contributed by atoms with Crippen molar-refractivity contribution < 1.29 is 4.74 Å². The maximum absolute atomic E-state index is 13.2. The van der Waals surface area contributed by atoms with E-state index in [0.29, 0.717) is 12.6 Å². The Morgan fingerprint density at radius 2 is 1.94 bits per heavy atom. The van der Waals surface area contributed by atoms with Gasteiger partial charge in [-0.25, -0.2) is 4.68 Å². The van der Waals surface area contributed by atoms with Crippen LogP contribution < -0.4 is 5.56 Å². The lowest BCUT2D eigenvalue weighted by Crippen LogP contribution is -2.38. The Balaban J connectivity index is 1.50. The van der Waals surface area contributed by atoms with Crippen molar-refractivity contribution in [2.24, 2.45) is 0 Å². The number of tetrazole rings is 1. The molecule has 2 aliphatic rings. The van der Waals surface area contributed by atoms with E-state index in [1.165, 1.54) is 24.8 Å². The summed E-state index contributed by atoms with van der Waals surface area (Å²) in [7, 11) is 0. The molecule has 1 aromatic carbocycles. The van der Waals surface area contributed by atoms with E-state index in [1.807, 2.05) is 6.92 Å². The van der Waals surface area contributed by atoms with Gasteiger partial charge >= 0.3 is 0 Å². The molecule has 2 aromatic heterocycles. The SMILES string of the molecule is CC[C@H](c1nnnn1C1CCCCC1)N(Cc1cc2c(C)ccc(C)c2[nH]c1=O)C[C@H]1CCCO1. The van der Waals surface area contributed by atoms with Gasteiger partial charge in [0.15, 0.2) is 5.82 Å². The molecule has 8 nitrogen and oxygen atoms in total. The van der Waals surface area contributed by atoms with Crippen LogP contribution in [0.1, 0.15) is 92.9 Å². The minimum absolute atomic E-state index is 0.0184. The van der Waals surface area contributed by atoms with Crippen molar-refractivity contribution in [1.82, 2.24) is 30.1 Å². The fourth-order valence-corrected chi connectivity index (χ4v) is 5.92. The van der Waals surface area contributed by atoms with Crippen molar-refractivity contribution in [1.29, 1.82) is 0 Å². The maximum atomic E-state index is 13.2. The van der Waals surface area contributed by atoms with Gasteiger partial charge in [0, 0.05) is 30.6 Å². The maximum Gasteiger partial charge on any atom is 0.252 e. The summed E-state index contributed by atoms with van der Waals surface area (Å²) in [4.78, 5) is 18.8. The van der Waals surface area contributed by atoms with Crippen LogP contribution >= 0.6 is 0 Å². The normalized spacial score (nSPS) is 20.2. The van der Waals surface area contributed by atoms with Gasteiger partial charge in [-0.1, -0.05) is 38.3 Å². The molecule has 0 radical (unpaired) electrons. The number of aryl methyl sites for hydroxylation is 2. The molecular formula is C27H38N6O2. The van der Waals surface area contributed by atoms with E-state index < -0.39 is 0 Å². The Morgan fingerprint density at radius 3 is 2.69 bits per heavy atom. The van der Waals surface area contributed by atoms with Gasteiger partial charge in [0.05, 0.1) is 23.7 Å². The Hall–Kier alpha value is -2.58. The molecule has 0 spiro atoms. The molecule has 5 rings (SSSR count). The molecule has 3 heterocycles. The molecule has 1 aliphatic carbocycles. The Kier molecular flexibility index (Phi) is 7.29. The molecule has 1 saturated heterocycles. The highest BCUT2D eigenvalue weighted by molar-refractivity contribution is 5.85. The van der Waals surface area contributed by atoms with Crippen LogP contribution in [0.3, 0.4) is 0 Å². The highest BCUT2D eigenvalue weighted by Gasteiger charge is 2.31. The summed E-state index contributed by atoms with van der Waals surface area (Å²) in [5, 5.41) is 14.2. The summed E-state index contributed by atoms with van der Waals surface area (Å²) in [6, 6.07) is 6.65. The highest BCUT2D eigenvalue weighted by atomic mass is 16.5. The van der Waals surface area contributed by atoms with Gasteiger partial charge in [0.25, 0.3) is 5.56 Å². The molecule has 188 valence electrons. The smallest absolute Gasteiger partial charge is 0.252 e. The fraction of sp³-hybridized carbons (Fsp3) is 0.630. The number of aromatic amines is 1. The minimum Gasteiger partial charge on any atom is -0.377 e. The third kappa shape index (κ3) is 5.05. The number of fused-ring (bicyclic) bond motifs is 1. The van der Waals surface area contributed by atoms with Gasteiger partial charge in [-0.3, -0.25) is 9.69 Å². The predicted octanol–water partition coefficient (Wildman–Crippen LogP) is 4.77. The summed E-state index contributed by atoms with van der Waals surface area (Å²) in [6.07, 6.45) is 9.18. The van der Waals surface area contributed by atoms with Crippen molar-refractivity contribution in [3.63, 3.8) is 0 Å². The molecule has 1 N–H and O–H groups in total. The lowest BCUT2D eigenvalue weighted by atomic mass is 9.95. The number of rotatable bonds is 8. The predicted molar refractivity (Wildman–Crippen MR) is 136 cm³/mol. The van der Waals surface area contributed by atoms with E-state index in [1.54, 1.807) is 0 Å². The minimum atomic E-state index is -0.0229. The molecule has 1 aliphatic heterocycles. The molecule has 35 heavy (non-hydrogen) atoms. The van der Waals surface area contributed by atoms with Gasteiger partial charge in [-0.05, 0) is 73.6 Å². The topological polar surface area (TPSA) is 88.9 Å². The van der Waals surface area contributed by atoms with Crippen LogP contribution in [-0.2, 0) is 11.3 Å². The summed E-state index contributed by atoms with van der Waals surface area (Å²) >= 11 is 0. The number of pyridine rings is 1. The van der Waals surface area contributed by atoms with E-state index >= 15 is 0 Å². The molecule has 1 saturated carbocycles.